The average molecular weight is 191 g/mol. The van der Waals surface area contributed by atoms with Gasteiger partial charge >= 0.3 is 0 Å². The zero-order chi connectivity index (χ0) is 9.80. The van der Waals surface area contributed by atoms with E-state index in [0.717, 1.165) is 13.1 Å². The highest BCUT2D eigenvalue weighted by Crippen LogP contribution is 2.12. The second-order valence-corrected chi connectivity index (χ2v) is 3.86. The van der Waals surface area contributed by atoms with Crippen molar-refractivity contribution in [3.8, 4) is 0 Å². The second-order valence-electron chi connectivity index (χ2n) is 3.86. The Morgan fingerprint density at radius 2 is 2.57 bits per heavy atom. The quantitative estimate of drug-likeness (QED) is 0.751. The van der Waals surface area contributed by atoms with Crippen molar-refractivity contribution in [1.82, 2.24) is 15.6 Å². The van der Waals surface area contributed by atoms with Crippen molar-refractivity contribution in [1.29, 1.82) is 0 Å². The maximum atomic E-state index is 4.12. The van der Waals surface area contributed by atoms with E-state index in [-0.39, 0.29) is 0 Å². The molecule has 3 heteroatoms. The summed E-state index contributed by atoms with van der Waals surface area (Å²) in [5.41, 5.74) is 1.26. The third-order valence-corrected chi connectivity index (χ3v) is 2.73. The van der Waals surface area contributed by atoms with E-state index in [9.17, 15) is 0 Å². The van der Waals surface area contributed by atoms with Crippen LogP contribution < -0.4 is 10.6 Å². The summed E-state index contributed by atoms with van der Waals surface area (Å²) in [6.45, 7) is 4.41. The predicted octanol–water partition coefficient (Wildman–Crippen LogP) is 1.09. The van der Waals surface area contributed by atoms with Crippen molar-refractivity contribution in [2.24, 2.45) is 0 Å². The van der Waals surface area contributed by atoms with Gasteiger partial charge in [0.05, 0.1) is 0 Å². The normalized spacial score (nSPS) is 23.6. The minimum Gasteiger partial charge on any atom is -0.315 e. The fourth-order valence-corrected chi connectivity index (χ4v) is 1.88. The lowest BCUT2D eigenvalue weighted by Crippen LogP contribution is -2.33. The SMILES string of the molecule is C[C@H](NC1CCNC1)c1cccnc1. The smallest absolute Gasteiger partial charge is 0.0315 e. The van der Waals surface area contributed by atoms with Gasteiger partial charge in [0.2, 0.25) is 0 Å². The number of nitrogens with one attached hydrogen (secondary N) is 2. The van der Waals surface area contributed by atoms with Crippen LogP contribution in [0.25, 0.3) is 0 Å². The lowest BCUT2D eigenvalue weighted by molar-refractivity contribution is 0.477. The first kappa shape index (κ1) is 9.62. The van der Waals surface area contributed by atoms with Gasteiger partial charge in [0.25, 0.3) is 0 Å². The molecule has 1 fully saturated rings. The number of pyridine rings is 1. The molecule has 0 bridgehead atoms. The van der Waals surface area contributed by atoms with E-state index in [2.05, 4.69) is 28.6 Å². The van der Waals surface area contributed by atoms with Crippen LogP contribution in [0.4, 0.5) is 0 Å². The largest absolute Gasteiger partial charge is 0.315 e. The Bertz CT molecular complexity index is 267. The van der Waals surface area contributed by atoms with E-state index in [1.807, 2.05) is 18.5 Å². The number of nitrogens with zero attached hydrogens (tertiary/aromatic N) is 1. The van der Waals surface area contributed by atoms with E-state index in [1.165, 1.54) is 12.0 Å². The molecule has 1 aliphatic heterocycles. The summed E-state index contributed by atoms with van der Waals surface area (Å²) < 4.78 is 0. The first-order valence-corrected chi connectivity index (χ1v) is 5.23. The van der Waals surface area contributed by atoms with Crippen LogP contribution in [0.3, 0.4) is 0 Å². The zero-order valence-corrected chi connectivity index (χ0v) is 8.53. The van der Waals surface area contributed by atoms with Crippen LogP contribution in [0.1, 0.15) is 24.9 Å². The monoisotopic (exact) mass is 191 g/mol. The van der Waals surface area contributed by atoms with Crippen LogP contribution in [0.5, 0.6) is 0 Å². The van der Waals surface area contributed by atoms with Gasteiger partial charge in [-0.05, 0) is 31.5 Å². The number of hydrogen-bond donors (Lipinski definition) is 2. The molecule has 0 spiro atoms. The summed E-state index contributed by atoms with van der Waals surface area (Å²) >= 11 is 0. The van der Waals surface area contributed by atoms with Crippen molar-refractivity contribution in [2.75, 3.05) is 13.1 Å². The van der Waals surface area contributed by atoms with Crippen LogP contribution in [-0.4, -0.2) is 24.1 Å². The molecule has 1 aliphatic rings. The van der Waals surface area contributed by atoms with Crippen molar-refractivity contribution >= 4 is 0 Å². The fourth-order valence-electron chi connectivity index (χ4n) is 1.88. The molecular formula is C11H17N3. The van der Waals surface area contributed by atoms with Gasteiger partial charge < -0.3 is 10.6 Å². The van der Waals surface area contributed by atoms with Crippen LogP contribution in [0.2, 0.25) is 0 Å². The molecule has 14 heavy (non-hydrogen) atoms. The molecule has 1 aromatic rings. The first-order chi connectivity index (χ1) is 6.86. The van der Waals surface area contributed by atoms with E-state index in [1.54, 1.807) is 0 Å². The van der Waals surface area contributed by atoms with Crippen LogP contribution in [-0.2, 0) is 0 Å². The van der Waals surface area contributed by atoms with Gasteiger partial charge in [0.15, 0.2) is 0 Å². The minimum atomic E-state index is 0.397. The topological polar surface area (TPSA) is 37.0 Å². The highest BCUT2D eigenvalue weighted by atomic mass is 15.0. The van der Waals surface area contributed by atoms with Gasteiger partial charge in [-0.1, -0.05) is 6.07 Å². The molecule has 0 radical (unpaired) electrons. The summed E-state index contributed by atoms with van der Waals surface area (Å²) in [6.07, 6.45) is 4.97. The van der Waals surface area contributed by atoms with Crippen molar-refractivity contribution in [3.63, 3.8) is 0 Å². The van der Waals surface area contributed by atoms with Crippen LogP contribution >= 0.6 is 0 Å². The van der Waals surface area contributed by atoms with Gasteiger partial charge in [-0.2, -0.15) is 0 Å². The molecular weight excluding hydrogens is 174 g/mol. The minimum absolute atomic E-state index is 0.397. The van der Waals surface area contributed by atoms with E-state index >= 15 is 0 Å². The third kappa shape index (κ3) is 2.30. The zero-order valence-electron chi connectivity index (χ0n) is 8.53. The molecule has 2 atom stereocenters. The Kier molecular flexibility index (Phi) is 3.11. The Morgan fingerprint density at radius 1 is 1.64 bits per heavy atom. The van der Waals surface area contributed by atoms with E-state index in [0.29, 0.717) is 12.1 Å². The fraction of sp³-hybridized carbons (Fsp3) is 0.545. The molecule has 2 N–H and O–H groups in total. The molecule has 1 aromatic heterocycles. The third-order valence-electron chi connectivity index (χ3n) is 2.73. The van der Waals surface area contributed by atoms with E-state index < -0.39 is 0 Å². The maximum Gasteiger partial charge on any atom is 0.0315 e. The van der Waals surface area contributed by atoms with Crippen molar-refractivity contribution in [2.45, 2.75) is 25.4 Å². The molecule has 1 saturated heterocycles. The summed E-state index contributed by atoms with van der Waals surface area (Å²) in [5.74, 6) is 0. The maximum absolute atomic E-state index is 4.12. The molecule has 2 rings (SSSR count). The van der Waals surface area contributed by atoms with Gasteiger partial charge in [-0.3, -0.25) is 4.98 Å². The van der Waals surface area contributed by atoms with Crippen LogP contribution in [0, 0.1) is 0 Å². The Balaban J connectivity index is 1.92. The molecule has 0 amide bonds. The highest BCUT2D eigenvalue weighted by molar-refractivity contribution is 5.13. The second kappa shape index (κ2) is 4.53. The summed E-state index contributed by atoms with van der Waals surface area (Å²) in [4.78, 5) is 4.12. The summed E-state index contributed by atoms with van der Waals surface area (Å²) in [7, 11) is 0. The lowest BCUT2D eigenvalue weighted by atomic mass is 10.1. The average Bonchev–Trinajstić information content (AvgIpc) is 2.72. The molecule has 1 unspecified atom stereocenters. The summed E-state index contributed by atoms with van der Waals surface area (Å²) in [5, 5.41) is 6.94. The number of rotatable bonds is 3. The number of aromatic nitrogens is 1. The molecule has 76 valence electrons. The molecule has 3 nitrogen and oxygen atoms in total. The highest BCUT2D eigenvalue weighted by Gasteiger charge is 2.16. The van der Waals surface area contributed by atoms with Crippen LogP contribution in [0.15, 0.2) is 24.5 Å². The molecule has 0 aromatic carbocycles. The first-order valence-electron chi connectivity index (χ1n) is 5.23. The Hall–Kier alpha value is -0.930. The lowest BCUT2D eigenvalue weighted by Gasteiger charge is -2.18. The Labute approximate surface area is 84.9 Å². The standard InChI is InChI=1S/C11H17N3/c1-9(10-3-2-5-12-7-10)14-11-4-6-13-8-11/h2-3,5,7,9,11,13-14H,4,6,8H2,1H3/t9-,11?/m0/s1. The summed E-state index contributed by atoms with van der Waals surface area (Å²) in [6, 6.07) is 5.12. The van der Waals surface area contributed by atoms with Gasteiger partial charge in [-0.25, -0.2) is 0 Å². The predicted molar refractivity (Wildman–Crippen MR) is 57.1 cm³/mol. The van der Waals surface area contributed by atoms with E-state index in [4.69, 9.17) is 0 Å². The van der Waals surface area contributed by atoms with Gasteiger partial charge in [0, 0.05) is 31.0 Å². The number of hydrogen-bond acceptors (Lipinski definition) is 3. The molecule has 0 saturated carbocycles. The molecule has 2 heterocycles. The molecule has 0 aliphatic carbocycles. The van der Waals surface area contributed by atoms with Crippen molar-refractivity contribution in [3.05, 3.63) is 30.1 Å². The Morgan fingerprint density at radius 3 is 3.21 bits per heavy atom. The van der Waals surface area contributed by atoms with Crippen molar-refractivity contribution < 1.29 is 0 Å². The van der Waals surface area contributed by atoms with Gasteiger partial charge in [-0.15, -0.1) is 0 Å². The van der Waals surface area contributed by atoms with Gasteiger partial charge in [0.1, 0.15) is 0 Å².